The topological polar surface area (TPSA) is 96.8 Å². The fraction of sp³-hybridized carbons (Fsp3) is 0.800. The maximum Gasteiger partial charge on any atom is 0.234 e. The number of carbonyl (C=O) groups is 1. The van der Waals surface area contributed by atoms with Gasteiger partial charge in [-0.1, -0.05) is 0 Å². The van der Waals surface area contributed by atoms with Gasteiger partial charge in [-0.2, -0.15) is 5.10 Å². The molecule has 3 saturated heterocycles. The van der Waals surface area contributed by atoms with Crippen LogP contribution >= 0.6 is 0 Å². The first-order valence-electron chi connectivity index (χ1n) is 10.9. The van der Waals surface area contributed by atoms with Crippen molar-refractivity contribution in [3.05, 3.63) is 11.4 Å². The van der Waals surface area contributed by atoms with Crippen LogP contribution in [0.4, 0.5) is 5.69 Å². The van der Waals surface area contributed by atoms with E-state index in [1.807, 2.05) is 18.5 Å². The minimum Gasteiger partial charge on any atom is -0.376 e. The highest BCUT2D eigenvalue weighted by molar-refractivity contribution is 7.91. The van der Waals surface area contributed by atoms with Gasteiger partial charge in [-0.3, -0.25) is 14.4 Å². The molecule has 0 saturated carbocycles. The smallest absolute Gasteiger partial charge is 0.234 e. The molecule has 168 valence electrons. The van der Waals surface area contributed by atoms with Gasteiger partial charge in [0.1, 0.15) is 0 Å². The van der Waals surface area contributed by atoms with Gasteiger partial charge in [0.05, 0.1) is 47.3 Å². The van der Waals surface area contributed by atoms with Crippen molar-refractivity contribution in [2.24, 2.45) is 0 Å². The Kier molecular flexibility index (Phi) is 6.36. The van der Waals surface area contributed by atoms with Crippen molar-refractivity contribution in [2.75, 3.05) is 62.3 Å². The van der Waals surface area contributed by atoms with E-state index in [1.54, 1.807) is 0 Å². The SMILES string of the molecule is Cc1nn([C@H]2CCS(=O)(=O)C2)c(C)c1N1CCN(CC(=O)NC[C@@H]2CCCO2)CC1. The third-order valence-electron chi connectivity index (χ3n) is 6.45. The molecule has 0 aromatic carbocycles. The fourth-order valence-corrected chi connectivity index (χ4v) is 6.55. The number of anilines is 1. The second kappa shape index (κ2) is 8.84. The van der Waals surface area contributed by atoms with Crippen molar-refractivity contribution in [3.63, 3.8) is 0 Å². The number of piperazine rings is 1. The van der Waals surface area contributed by atoms with Gasteiger partial charge in [0.15, 0.2) is 9.84 Å². The Morgan fingerprint density at radius 1 is 1.20 bits per heavy atom. The summed E-state index contributed by atoms with van der Waals surface area (Å²) in [5.74, 6) is 0.490. The molecule has 3 aliphatic rings. The van der Waals surface area contributed by atoms with Crippen LogP contribution in [-0.2, 0) is 19.4 Å². The lowest BCUT2D eigenvalue weighted by Gasteiger charge is -2.36. The minimum atomic E-state index is -2.94. The van der Waals surface area contributed by atoms with E-state index in [0.29, 0.717) is 19.5 Å². The molecule has 1 aromatic heterocycles. The number of aromatic nitrogens is 2. The van der Waals surface area contributed by atoms with Crippen LogP contribution in [-0.4, -0.2) is 92.5 Å². The van der Waals surface area contributed by atoms with Crippen molar-refractivity contribution in [3.8, 4) is 0 Å². The van der Waals surface area contributed by atoms with E-state index in [2.05, 4.69) is 20.2 Å². The molecular weight excluding hydrogens is 406 g/mol. The summed E-state index contributed by atoms with van der Waals surface area (Å²) in [6, 6.07) is -0.0590. The molecule has 3 fully saturated rings. The van der Waals surface area contributed by atoms with Crippen molar-refractivity contribution < 1.29 is 17.9 Å². The van der Waals surface area contributed by atoms with Crippen molar-refractivity contribution in [2.45, 2.75) is 45.3 Å². The van der Waals surface area contributed by atoms with E-state index in [-0.39, 0.29) is 29.6 Å². The number of ether oxygens (including phenoxy) is 1. The van der Waals surface area contributed by atoms with Gasteiger partial charge in [-0.25, -0.2) is 8.42 Å². The molecule has 0 unspecified atom stereocenters. The van der Waals surface area contributed by atoms with Gasteiger partial charge >= 0.3 is 0 Å². The van der Waals surface area contributed by atoms with E-state index in [4.69, 9.17) is 4.74 Å². The van der Waals surface area contributed by atoms with E-state index in [0.717, 1.165) is 62.7 Å². The Morgan fingerprint density at radius 2 is 1.97 bits per heavy atom. The number of hydrogen-bond acceptors (Lipinski definition) is 7. The van der Waals surface area contributed by atoms with Crippen LogP contribution in [0.15, 0.2) is 0 Å². The number of hydrogen-bond donors (Lipinski definition) is 1. The fourth-order valence-electron chi connectivity index (χ4n) is 4.86. The summed E-state index contributed by atoms with van der Waals surface area (Å²) in [6.07, 6.45) is 2.91. The number of carbonyl (C=O) groups excluding carboxylic acids is 1. The summed E-state index contributed by atoms with van der Waals surface area (Å²) in [6.45, 7) is 9.13. The van der Waals surface area contributed by atoms with Gasteiger partial charge in [0, 0.05) is 39.3 Å². The monoisotopic (exact) mass is 439 g/mol. The normalized spacial score (nSPS) is 26.9. The summed E-state index contributed by atoms with van der Waals surface area (Å²) in [7, 11) is -2.94. The molecule has 10 heteroatoms. The summed E-state index contributed by atoms with van der Waals surface area (Å²) < 4.78 is 31.2. The van der Waals surface area contributed by atoms with Crippen molar-refractivity contribution in [1.82, 2.24) is 20.0 Å². The van der Waals surface area contributed by atoms with Gasteiger partial charge < -0.3 is 15.0 Å². The highest BCUT2D eigenvalue weighted by atomic mass is 32.2. The average Bonchev–Trinajstić information content (AvgIpc) is 3.41. The van der Waals surface area contributed by atoms with E-state index < -0.39 is 9.84 Å². The van der Waals surface area contributed by atoms with E-state index in [1.165, 1.54) is 0 Å². The molecule has 1 N–H and O–H groups in total. The zero-order valence-electron chi connectivity index (χ0n) is 18.0. The molecular formula is C20H33N5O4S. The predicted molar refractivity (Wildman–Crippen MR) is 115 cm³/mol. The molecule has 0 aliphatic carbocycles. The Morgan fingerprint density at radius 3 is 2.60 bits per heavy atom. The first-order chi connectivity index (χ1) is 14.3. The standard InChI is InChI=1S/C20H33N5O4S/c1-15-20(16(2)25(22-15)17-5-11-30(27,28)14-17)24-8-6-23(7-9-24)13-19(26)21-12-18-4-3-10-29-18/h17-18H,3-14H2,1-2H3,(H,21,26)/t17-,18-/m0/s1. The number of sulfone groups is 1. The number of nitrogens with zero attached hydrogens (tertiary/aromatic N) is 4. The minimum absolute atomic E-state index is 0.0570. The van der Waals surface area contributed by atoms with Crippen LogP contribution in [0.1, 0.15) is 36.7 Å². The second-order valence-electron chi connectivity index (χ2n) is 8.72. The zero-order valence-corrected chi connectivity index (χ0v) is 18.8. The van der Waals surface area contributed by atoms with Gasteiger partial charge in [-0.05, 0) is 33.1 Å². The van der Waals surface area contributed by atoms with Crippen LogP contribution in [0.3, 0.4) is 0 Å². The van der Waals surface area contributed by atoms with Crippen molar-refractivity contribution in [1.29, 1.82) is 0 Å². The highest BCUT2D eigenvalue weighted by Gasteiger charge is 2.32. The lowest BCUT2D eigenvalue weighted by molar-refractivity contribution is -0.122. The maximum absolute atomic E-state index is 12.2. The first-order valence-corrected chi connectivity index (χ1v) is 12.8. The Balaban J connectivity index is 1.30. The lowest BCUT2D eigenvalue weighted by atomic mass is 10.2. The molecule has 1 amide bonds. The van der Waals surface area contributed by atoms with Crippen LogP contribution < -0.4 is 10.2 Å². The summed E-state index contributed by atoms with van der Waals surface area (Å²) in [4.78, 5) is 16.7. The Hall–Kier alpha value is -1.65. The molecule has 30 heavy (non-hydrogen) atoms. The highest BCUT2D eigenvalue weighted by Crippen LogP contribution is 2.31. The Bertz CT molecular complexity index is 870. The molecule has 0 spiro atoms. The molecule has 1 aromatic rings. The molecule has 4 heterocycles. The van der Waals surface area contributed by atoms with Gasteiger partial charge in [0.25, 0.3) is 0 Å². The van der Waals surface area contributed by atoms with Crippen LogP contribution in [0.5, 0.6) is 0 Å². The third kappa shape index (κ3) is 4.81. The molecule has 9 nitrogen and oxygen atoms in total. The second-order valence-corrected chi connectivity index (χ2v) is 11.0. The number of aryl methyl sites for hydroxylation is 1. The summed E-state index contributed by atoms with van der Waals surface area (Å²) in [5.41, 5.74) is 3.10. The molecule has 2 atom stereocenters. The quantitative estimate of drug-likeness (QED) is 0.680. The Labute approximate surface area is 178 Å². The molecule has 4 rings (SSSR count). The molecule has 3 aliphatic heterocycles. The van der Waals surface area contributed by atoms with E-state index >= 15 is 0 Å². The van der Waals surface area contributed by atoms with E-state index in [9.17, 15) is 13.2 Å². The average molecular weight is 440 g/mol. The number of amides is 1. The van der Waals surface area contributed by atoms with Gasteiger partial charge in [0.2, 0.25) is 5.91 Å². The summed E-state index contributed by atoms with van der Waals surface area (Å²) >= 11 is 0. The maximum atomic E-state index is 12.2. The predicted octanol–water partition coefficient (Wildman–Crippen LogP) is 0.277. The van der Waals surface area contributed by atoms with Crippen molar-refractivity contribution >= 4 is 21.4 Å². The van der Waals surface area contributed by atoms with Crippen LogP contribution in [0, 0.1) is 13.8 Å². The molecule has 0 radical (unpaired) electrons. The number of nitrogens with one attached hydrogen (secondary N) is 1. The van der Waals surface area contributed by atoms with Gasteiger partial charge in [-0.15, -0.1) is 0 Å². The largest absolute Gasteiger partial charge is 0.376 e. The molecule has 0 bridgehead atoms. The summed E-state index contributed by atoms with van der Waals surface area (Å²) in [5, 5.41) is 7.68. The third-order valence-corrected chi connectivity index (χ3v) is 8.20. The lowest BCUT2D eigenvalue weighted by Crippen LogP contribution is -2.50. The van der Waals surface area contributed by atoms with Crippen LogP contribution in [0.25, 0.3) is 0 Å². The zero-order chi connectivity index (χ0) is 21.3. The van der Waals surface area contributed by atoms with Crippen LogP contribution in [0.2, 0.25) is 0 Å². The first kappa shape index (κ1) is 21.6. The number of rotatable bonds is 6.